The van der Waals surface area contributed by atoms with Gasteiger partial charge in [0, 0.05) is 18.8 Å². The first-order valence-corrected chi connectivity index (χ1v) is 7.91. The van der Waals surface area contributed by atoms with Crippen LogP contribution in [0.25, 0.3) is 0 Å². The highest BCUT2D eigenvalue weighted by atomic mass is 35.5. The number of ether oxygens (including phenoxy) is 1. The molecule has 0 heterocycles. The van der Waals surface area contributed by atoms with Gasteiger partial charge in [-0.25, -0.2) is 0 Å². The first-order valence-electron chi connectivity index (χ1n) is 7.15. The summed E-state index contributed by atoms with van der Waals surface area (Å²) >= 11 is 11.8. The molecule has 2 aromatic rings. The van der Waals surface area contributed by atoms with Crippen LogP contribution in [0.4, 0.5) is 5.69 Å². The van der Waals surface area contributed by atoms with Crippen molar-refractivity contribution in [3.05, 3.63) is 58.1 Å². The van der Waals surface area contributed by atoms with Gasteiger partial charge in [-0.3, -0.25) is 9.59 Å². The summed E-state index contributed by atoms with van der Waals surface area (Å²) in [4.78, 5) is 23.3. The Morgan fingerprint density at radius 1 is 1.04 bits per heavy atom. The van der Waals surface area contributed by atoms with Gasteiger partial charge in [-0.1, -0.05) is 35.3 Å². The van der Waals surface area contributed by atoms with Crippen LogP contribution in [0.5, 0.6) is 5.75 Å². The number of carbonyl (C=O) groups excluding carboxylic acids is 2. The average molecular weight is 367 g/mol. The number of rotatable bonds is 6. The number of hydrogen-bond donors (Lipinski definition) is 2. The van der Waals surface area contributed by atoms with Crippen LogP contribution in [0.3, 0.4) is 0 Å². The van der Waals surface area contributed by atoms with Gasteiger partial charge in [-0.15, -0.1) is 0 Å². The molecule has 0 fully saturated rings. The first kappa shape index (κ1) is 18.1. The van der Waals surface area contributed by atoms with Crippen molar-refractivity contribution >= 4 is 40.7 Å². The Morgan fingerprint density at radius 3 is 2.54 bits per heavy atom. The molecule has 0 aliphatic rings. The van der Waals surface area contributed by atoms with Crippen LogP contribution in [0.2, 0.25) is 10.0 Å². The lowest BCUT2D eigenvalue weighted by Gasteiger charge is -2.09. The maximum absolute atomic E-state index is 12.1. The van der Waals surface area contributed by atoms with Crippen LogP contribution in [-0.4, -0.2) is 25.5 Å². The van der Waals surface area contributed by atoms with Crippen LogP contribution in [0, 0.1) is 0 Å². The summed E-state index contributed by atoms with van der Waals surface area (Å²) < 4.78 is 5.33. The van der Waals surface area contributed by atoms with E-state index in [1.165, 1.54) is 7.05 Å². The second kappa shape index (κ2) is 8.57. The Morgan fingerprint density at radius 2 is 1.83 bits per heavy atom. The van der Waals surface area contributed by atoms with Gasteiger partial charge in [0.25, 0.3) is 5.91 Å². The molecule has 2 amide bonds. The van der Waals surface area contributed by atoms with Crippen molar-refractivity contribution in [3.63, 3.8) is 0 Å². The minimum atomic E-state index is -0.232. The summed E-state index contributed by atoms with van der Waals surface area (Å²) in [5.74, 6) is 0.0619. The molecule has 0 aliphatic carbocycles. The Balaban J connectivity index is 1.95. The molecule has 0 aliphatic heterocycles. The van der Waals surface area contributed by atoms with Gasteiger partial charge in [0.15, 0.2) is 6.61 Å². The second-order valence-electron chi connectivity index (χ2n) is 4.96. The second-order valence-corrected chi connectivity index (χ2v) is 5.78. The third-order valence-electron chi connectivity index (χ3n) is 3.12. The van der Waals surface area contributed by atoms with Crippen LogP contribution < -0.4 is 15.4 Å². The fourth-order valence-corrected chi connectivity index (χ4v) is 2.25. The molecule has 0 radical (unpaired) electrons. The number of likely N-dealkylation sites (N-methyl/N-ethyl adjacent to an activating group) is 1. The normalized spacial score (nSPS) is 10.1. The van der Waals surface area contributed by atoms with E-state index in [2.05, 4.69) is 10.6 Å². The third-order valence-corrected chi connectivity index (χ3v) is 3.85. The van der Waals surface area contributed by atoms with E-state index in [0.717, 1.165) is 5.56 Å². The van der Waals surface area contributed by atoms with Gasteiger partial charge >= 0.3 is 0 Å². The summed E-state index contributed by atoms with van der Waals surface area (Å²) in [6.07, 6.45) is 0.167. The molecule has 0 bridgehead atoms. The van der Waals surface area contributed by atoms with Crippen molar-refractivity contribution in [2.75, 3.05) is 19.0 Å². The molecule has 5 nitrogen and oxygen atoms in total. The first-order chi connectivity index (χ1) is 11.5. The Bertz CT molecular complexity index is 750. The molecule has 7 heteroatoms. The molecular formula is C17H16Cl2N2O3. The van der Waals surface area contributed by atoms with E-state index in [4.69, 9.17) is 27.9 Å². The Hall–Kier alpha value is -2.24. The average Bonchev–Trinajstić information content (AvgIpc) is 2.56. The molecule has 126 valence electrons. The fourth-order valence-electron chi connectivity index (χ4n) is 1.92. The van der Waals surface area contributed by atoms with Gasteiger partial charge in [-0.05, 0) is 29.8 Å². The lowest BCUT2D eigenvalue weighted by atomic mass is 10.1. The lowest BCUT2D eigenvalue weighted by Crippen LogP contribution is -2.24. The van der Waals surface area contributed by atoms with Gasteiger partial charge in [0.2, 0.25) is 5.91 Å². The molecule has 0 saturated heterocycles. The van der Waals surface area contributed by atoms with Crippen molar-refractivity contribution in [3.8, 4) is 5.75 Å². The number of carbonyl (C=O) groups is 2. The highest BCUT2D eigenvalue weighted by Crippen LogP contribution is 2.23. The molecule has 0 saturated carbocycles. The van der Waals surface area contributed by atoms with Crippen molar-refractivity contribution in [1.82, 2.24) is 5.32 Å². The zero-order valence-corrected chi connectivity index (χ0v) is 14.4. The zero-order chi connectivity index (χ0) is 17.5. The Kier molecular flexibility index (Phi) is 6.46. The van der Waals surface area contributed by atoms with E-state index in [0.29, 0.717) is 21.5 Å². The van der Waals surface area contributed by atoms with Crippen molar-refractivity contribution in [2.24, 2.45) is 0 Å². The van der Waals surface area contributed by atoms with E-state index in [-0.39, 0.29) is 24.8 Å². The van der Waals surface area contributed by atoms with Gasteiger partial charge in [-0.2, -0.15) is 0 Å². The van der Waals surface area contributed by atoms with Crippen LogP contribution in [0.1, 0.15) is 5.56 Å². The molecule has 0 unspecified atom stereocenters. The minimum absolute atomic E-state index is 0.0861. The molecule has 2 N–H and O–H groups in total. The van der Waals surface area contributed by atoms with E-state index in [1.54, 1.807) is 42.5 Å². The number of anilines is 1. The van der Waals surface area contributed by atoms with Gasteiger partial charge in [0.1, 0.15) is 5.75 Å². The topological polar surface area (TPSA) is 67.4 Å². The molecule has 0 spiro atoms. The predicted octanol–water partition coefficient (Wildman–Crippen LogP) is 3.30. The van der Waals surface area contributed by atoms with E-state index < -0.39 is 0 Å². The zero-order valence-electron chi connectivity index (χ0n) is 12.9. The Labute approximate surface area is 149 Å². The summed E-state index contributed by atoms with van der Waals surface area (Å²) in [6, 6.07) is 11.9. The highest BCUT2D eigenvalue weighted by molar-refractivity contribution is 6.42. The maximum atomic E-state index is 12.1. The van der Waals surface area contributed by atoms with Gasteiger partial charge < -0.3 is 15.4 Å². The summed E-state index contributed by atoms with van der Waals surface area (Å²) in [7, 11) is 1.53. The van der Waals surface area contributed by atoms with E-state index >= 15 is 0 Å². The SMILES string of the molecule is CNC(=O)COc1cccc(NC(=O)Cc2ccc(Cl)c(Cl)c2)c1. The van der Waals surface area contributed by atoms with Crippen molar-refractivity contribution in [2.45, 2.75) is 6.42 Å². The summed E-state index contributed by atoms with van der Waals surface area (Å²) in [5.41, 5.74) is 1.34. The fraction of sp³-hybridized carbons (Fsp3) is 0.176. The monoisotopic (exact) mass is 366 g/mol. The van der Waals surface area contributed by atoms with Crippen molar-refractivity contribution < 1.29 is 14.3 Å². The quantitative estimate of drug-likeness (QED) is 0.823. The minimum Gasteiger partial charge on any atom is -0.484 e. The predicted molar refractivity (Wildman–Crippen MR) is 94.8 cm³/mol. The van der Waals surface area contributed by atoms with Crippen molar-refractivity contribution in [1.29, 1.82) is 0 Å². The highest BCUT2D eigenvalue weighted by Gasteiger charge is 2.07. The largest absolute Gasteiger partial charge is 0.484 e. The maximum Gasteiger partial charge on any atom is 0.257 e. The number of benzene rings is 2. The molecule has 0 atom stereocenters. The molecule has 2 aromatic carbocycles. The molecule has 24 heavy (non-hydrogen) atoms. The standard InChI is InChI=1S/C17H16Cl2N2O3/c1-20-17(23)10-24-13-4-2-3-12(9-13)21-16(22)8-11-5-6-14(18)15(19)7-11/h2-7,9H,8,10H2,1H3,(H,20,23)(H,21,22). The molecular weight excluding hydrogens is 351 g/mol. The summed E-state index contributed by atoms with van der Waals surface area (Å²) in [5, 5.41) is 6.09. The number of amides is 2. The summed E-state index contributed by atoms with van der Waals surface area (Å²) in [6.45, 7) is -0.0861. The number of hydrogen-bond acceptors (Lipinski definition) is 3. The smallest absolute Gasteiger partial charge is 0.257 e. The molecule has 0 aromatic heterocycles. The van der Waals surface area contributed by atoms with E-state index in [9.17, 15) is 9.59 Å². The molecule has 2 rings (SSSR count). The van der Waals surface area contributed by atoms with Gasteiger partial charge in [0.05, 0.1) is 16.5 Å². The van der Waals surface area contributed by atoms with Crippen LogP contribution in [-0.2, 0) is 16.0 Å². The van der Waals surface area contributed by atoms with E-state index in [1.807, 2.05) is 0 Å². The number of nitrogens with one attached hydrogen (secondary N) is 2. The third kappa shape index (κ3) is 5.44. The van der Waals surface area contributed by atoms with Crippen LogP contribution >= 0.6 is 23.2 Å². The van der Waals surface area contributed by atoms with Crippen LogP contribution in [0.15, 0.2) is 42.5 Å². The lowest BCUT2D eigenvalue weighted by molar-refractivity contribution is -0.122. The number of halogens is 2.